The van der Waals surface area contributed by atoms with Gasteiger partial charge in [0.15, 0.2) is 0 Å². The Hall–Kier alpha value is -3.86. The number of carboxylic acids is 1. The maximum Gasteiger partial charge on any atom is 0.303 e. The van der Waals surface area contributed by atoms with E-state index in [9.17, 15) is 9.90 Å². The lowest BCUT2D eigenvalue weighted by atomic mass is 9.89. The summed E-state index contributed by atoms with van der Waals surface area (Å²) in [4.78, 5) is 16.1. The van der Waals surface area contributed by atoms with Crippen LogP contribution in [0.5, 0.6) is 5.75 Å². The van der Waals surface area contributed by atoms with Gasteiger partial charge in [-0.05, 0) is 73.9 Å². The molecule has 3 aromatic rings. The molecule has 1 heterocycles. The number of aliphatic carboxylic acids is 1. The summed E-state index contributed by atoms with van der Waals surface area (Å²) in [5.41, 5.74) is 7.51. The molecule has 0 saturated heterocycles. The van der Waals surface area contributed by atoms with Gasteiger partial charge in [-0.1, -0.05) is 60.7 Å². The second kappa shape index (κ2) is 11.3. The number of oxazole rings is 1. The molecule has 4 rings (SSSR count). The first-order chi connectivity index (χ1) is 17.4. The van der Waals surface area contributed by atoms with Gasteiger partial charge in [0.25, 0.3) is 0 Å². The van der Waals surface area contributed by atoms with Crippen molar-refractivity contribution in [2.24, 2.45) is 0 Å². The van der Waals surface area contributed by atoms with E-state index in [4.69, 9.17) is 9.15 Å². The summed E-state index contributed by atoms with van der Waals surface area (Å²) in [6.45, 7) is 10.1. The molecular weight excluding hydrogens is 450 g/mol. The van der Waals surface area contributed by atoms with Crippen molar-refractivity contribution in [1.82, 2.24) is 4.98 Å². The van der Waals surface area contributed by atoms with E-state index in [1.807, 2.05) is 32.1 Å². The molecule has 1 aliphatic rings. The van der Waals surface area contributed by atoms with Crippen molar-refractivity contribution >= 4 is 11.5 Å². The van der Waals surface area contributed by atoms with E-state index in [0.717, 1.165) is 52.3 Å². The van der Waals surface area contributed by atoms with Crippen LogP contribution in [0.4, 0.5) is 0 Å². The van der Waals surface area contributed by atoms with Gasteiger partial charge in [-0.2, -0.15) is 0 Å². The normalized spacial score (nSPS) is 15.3. The highest BCUT2D eigenvalue weighted by molar-refractivity contribution is 5.75. The molecule has 0 aliphatic heterocycles. The molecule has 1 unspecified atom stereocenters. The SMILES string of the molecule is C=C/C=C\C=C(/C)c1nc(CCOc2cc3c(c(-c4ccc(C)cc4)c2)C(CC(=O)O)CC3)c(C)o1. The minimum Gasteiger partial charge on any atom is -0.493 e. The molecule has 0 bridgehead atoms. The molecule has 1 aliphatic carbocycles. The van der Waals surface area contributed by atoms with E-state index >= 15 is 0 Å². The average molecular weight is 484 g/mol. The molecule has 2 aromatic carbocycles. The van der Waals surface area contributed by atoms with Crippen LogP contribution in [0.2, 0.25) is 0 Å². The maximum absolute atomic E-state index is 11.5. The number of aromatic nitrogens is 1. The highest BCUT2D eigenvalue weighted by atomic mass is 16.5. The van der Waals surface area contributed by atoms with Gasteiger partial charge in [0.05, 0.1) is 18.7 Å². The number of carboxylic acid groups (broad SMARTS) is 1. The summed E-state index contributed by atoms with van der Waals surface area (Å²) in [5.74, 6) is 1.47. The molecular formula is C31H33NO4. The number of nitrogens with zero attached hydrogens (tertiary/aromatic N) is 1. The third-order valence-electron chi connectivity index (χ3n) is 6.62. The van der Waals surface area contributed by atoms with Crippen molar-refractivity contribution in [3.63, 3.8) is 0 Å². The summed E-state index contributed by atoms with van der Waals surface area (Å²) >= 11 is 0. The summed E-state index contributed by atoms with van der Waals surface area (Å²) in [6, 6.07) is 12.5. The standard InChI is InChI=1S/C31H33NO4/c1-5-6-7-8-21(3)31-32-28(22(4)36-31)15-16-35-26-17-24-13-14-25(18-29(33)34)30(24)27(19-26)23-11-9-20(2)10-12-23/h5-12,17,19,25H,1,13-16,18H2,2-4H3,(H,33,34)/b7-6-,21-8+. The molecule has 1 atom stereocenters. The van der Waals surface area contributed by atoms with Crippen molar-refractivity contribution < 1.29 is 19.1 Å². The number of hydrogen-bond donors (Lipinski definition) is 1. The Morgan fingerprint density at radius 1 is 1.22 bits per heavy atom. The fourth-order valence-electron chi connectivity index (χ4n) is 4.76. The van der Waals surface area contributed by atoms with Crippen molar-refractivity contribution in [3.05, 3.63) is 101 Å². The summed E-state index contributed by atoms with van der Waals surface area (Å²) in [7, 11) is 0. The van der Waals surface area contributed by atoms with Gasteiger partial charge >= 0.3 is 5.97 Å². The van der Waals surface area contributed by atoms with Crippen molar-refractivity contribution in [3.8, 4) is 16.9 Å². The summed E-state index contributed by atoms with van der Waals surface area (Å²) in [5, 5.41) is 9.44. The molecule has 0 saturated carbocycles. The lowest BCUT2D eigenvalue weighted by Crippen LogP contribution is -2.06. The van der Waals surface area contributed by atoms with Gasteiger partial charge in [-0.25, -0.2) is 4.98 Å². The van der Waals surface area contributed by atoms with E-state index in [1.54, 1.807) is 6.08 Å². The predicted molar refractivity (Wildman–Crippen MR) is 143 cm³/mol. The zero-order valence-electron chi connectivity index (χ0n) is 21.2. The Bertz CT molecular complexity index is 1310. The van der Waals surface area contributed by atoms with Crippen molar-refractivity contribution in [1.29, 1.82) is 0 Å². The van der Waals surface area contributed by atoms with Crippen LogP contribution in [0, 0.1) is 13.8 Å². The Balaban J connectivity index is 1.54. The topological polar surface area (TPSA) is 72.6 Å². The monoisotopic (exact) mass is 483 g/mol. The predicted octanol–water partition coefficient (Wildman–Crippen LogP) is 7.23. The molecule has 0 amide bonds. The van der Waals surface area contributed by atoms with Crippen LogP contribution in [0.15, 0.2) is 71.7 Å². The highest BCUT2D eigenvalue weighted by Crippen LogP contribution is 2.44. The van der Waals surface area contributed by atoms with Gasteiger partial charge < -0.3 is 14.3 Å². The van der Waals surface area contributed by atoms with Crippen LogP contribution in [0.1, 0.15) is 59.7 Å². The van der Waals surface area contributed by atoms with Crippen molar-refractivity contribution in [2.75, 3.05) is 6.61 Å². The molecule has 5 nitrogen and oxygen atoms in total. The first kappa shape index (κ1) is 25.2. The molecule has 0 fully saturated rings. The largest absolute Gasteiger partial charge is 0.493 e. The quantitative estimate of drug-likeness (QED) is 0.308. The fraction of sp³-hybridized carbons (Fsp3) is 0.290. The fourth-order valence-corrected chi connectivity index (χ4v) is 4.76. The second-order valence-corrected chi connectivity index (χ2v) is 9.33. The van der Waals surface area contributed by atoms with E-state index in [-0.39, 0.29) is 12.3 Å². The van der Waals surface area contributed by atoms with Gasteiger partial charge in [0, 0.05) is 12.0 Å². The third kappa shape index (κ3) is 5.85. The number of benzene rings is 2. The van der Waals surface area contributed by atoms with Crippen LogP contribution >= 0.6 is 0 Å². The Labute approximate surface area is 212 Å². The van der Waals surface area contributed by atoms with Crippen LogP contribution in [-0.2, 0) is 17.6 Å². The lowest BCUT2D eigenvalue weighted by molar-refractivity contribution is -0.137. The number of rotatable bonds is 10. The Morgan fingerprint density at radius 2 is 2.00 bits per heavy atom. The summed E-state index contributed by atoms with van der Waals surface area (Å²) in [6.07, 6.45) is 9.93. The van der Waals surface area contributed by atoms with Crippen LogP contribution < -0.4 is 4.74 Å². The number of carbonyl (C=O) groups is 1. The van der Waals surface area contributed by atoms with Crippen LogP contribution in [0.25, 0.3) is 16.7 Å². The van der Waals surface area contributed by atoms with Crippen LogP contribution in [0.3, 0.4) is 0 Å². The lowest BCUT2D eigenvalue weighted by Gasteiger charge is -2.17. The first-order valence-corrected chi connectivity index (χ1v) is 12.4. The molecule has 5 heteroatoms. The molecule has 1 N–H and O–H groups in total. The zero-order chi connectivity index (χ0) is 25.7. The molecule has 0 radical (unpaired) electrons. The number of aryl methyl sites for hydroxylation is 3. The van der Waals surface area contributed by atoms with E-state index in [0.29, 0.717) is 18.9 Å². The first-order valence-electron chi connectivity index (χ1n) is 12.4. The molecule has 36 heavy (non-hydrogen) atoms. The van der Waals surface area contributed by atoms with Crippen molar-refractivity contribution in [2.45, 2.75) is 52.4 Å². The minimum atomic E-state index is -0.757. The zero-order valence-corrected chi connectivity index (χ0v) is 21.2. The third-order valence-corrected chi connectivity index (χ3v) is 6.62. The van der Waals surface area contributed by atoms with Gasteiger partial charge in [-0.15, -0.1) is 0 Å². The molecule has 186 valence electrons. The van der Waals surface area contributed by atoms with Gasteiger partial charge in [-0.3, -0.25) is 4.79 Å². The second-order valence-electron chi connectivity index (χ2n) is 9.33. The average Bonchev–Trinajstić information content (AvgIpc) is 3.42. The van der Waals surface area contributed by atoms with Gasteiger partial charge in [0.2, 0.25) is 5.89 Å². The van der Waals surface area contributed by atoms with E-state index in [2.05, 4.69) is 54.9 Å². The number of fused-ring (bicyclic) bond motifs is 1. The number of hydrogen-bond acceptors (Lipinski definition) is 4. The van der Waals surface area contributed by atoms with Crippen LogP contribution in [-0.4, -0.2) is 22.7 Å². The number of allylic oxidation sites excluding steroid dienone is 5. The van der Waals surface area contributed by atoms with Gasteiger partial charge in [0.1, 0.15) is 11.5 Å². The molecule has 0 spiro atoms. The smallest absolute Gasteiger partial charge is 0.303 e. The Kier molecular flexibility index (Phi) is 7.89. The minimum absolute atomic E-state index is 0.0247. The number of ether oxygens (including phenoxy) is 1. The highest BCUT2D eigenvalue weighted by Gasteiger charge is 2.28. The van der Waals surface area contributed by atoms with E-state index < -0.39 is 5.97 Å². The summed E-state index contributed by atoms with van der Waals surface area (Å²) < 4.78 is 12.1. The van der Waals surface area contributed by atoms with E-state index in [1.165, 1.54) is 11.1 Å². The maximum atomic E-state index is 11.5. The molecule has 1 aromatic heterocycles. The Morgan fingerprint density at radius 3 is 2.72 bits per heavy atom.